The molecule has 2 fully saturated rings. The van der Waals surface area contributed by atoms with Crippen LogP contribution in [0.15, 0.2) is 0 Å². The summed E-state index contributed by atoms with van der Waals surface area (Å²) in [4.78, 5) is 11.9. The van der Waals surface area contributed by atoms with E-state index >= 15 is 0 Å². The highest BCUT2D eigenvalue weighted by Crippen LogP contribution is 2.32. The predicted octanol–water partition coefficient (Wildman–Crippen LogP) is 1.58. The third-order valence-corrected chi connectivity index (χ3v) is 7.14. The first-order chi connectivity index (χ1) is 10.5. The summed E-state index contributed by atoms with van der Waals surface area (Å²) in [5.41, 5.74) is 5.79. The van der Waals surface area contributed by atoms with Crippen molar-refractivity contribution in [2.24, 2.45) is 17.6 Å². The molecule has 0 aromatic rings. The molecule has 0 aliphatic heterocycles. The molecule has 2 rings (SSSR count). The van der Waals surface area contributed by atoms with Gasteiger partial charge in [-0.15, -0.1) is 12.4 Å². The average Bonchev–Trinajstić information content (AvgIpc) is 3.06. The summed E-state index contributed by atoms with van der Waals surface area (Å²) in [6, 6.07) is -0.215. The van der Waals surface area contributed by atoms with Crippen LogP contribution in [-0.4, -0.2) is 39.3 Å². The van der Waals surface area contributed by atoms with E-state index in [0.29, 0.717) is 25.3 Å². The van der Waals surface area contributed by atoms with Crippen LogP contribution in [0.2, 0.25) is 0 Å². The summed E-state index contributed by atoms with van der Waals surface area (Å²) in [6.07, 6.45) is 7.11. The molecule has 0 saturated heterocycles. The van der Waals surface area contributed by atoms with E-state index in [2.05, 4.69) is 4.72 Å². The summed E-state index contributed by atoms with van der Waals surface area (Å²) >= 11 is 0. The highest BCUT2D eigenvalue weighted by molar-refractivity contribution is 7.90. The van der Waals surface area contributed by atoms with E-state index in [0.717, 1.165) is 38.5 Å². The largest absolute Gasteiger partial charge is 0.469 e. The van der Waals surface area contributed by atoms with Crippen molar-refractivity contribution in [2.75, 3.05) is 13.7 Å². The zero-order chi connectivity index (χ0) is 16.2. The normalized spacial score (nSPS) is 27.2. The molecule has 6 nitrogen and oxygen atoms in total. The van der Waals surface area contributed by atoms with Gasteiger partial charge in [-0.1, -0.05) is 25.7 Å². The highest BCUT2D eigenvalue weighted by Gasteiger charge is 2.41. The number of nitrogens with one attached hydrogen (secondary N) is 1. The van der Waals surface area contributed by atoms with Crippen molar-refractivity contribution in [3.63, 3.8) is 0 Å². The lowest BCUT2D eigenvalue weighted by Crippen LogP contribution is -2.51. The van der Waals surface area contributed by atoms with Crippen LogP contribution in [0.1, 0.15) is 51.4 Å². The minimum Gasteiger partial charge on any atom is -0.469 e. The summed E-state index contributed by atoms with van der Waals surface area (Å²) < 4.78 is 33.1. The number of hydrogen-bond acceptors (Lipinski definition) is 5. The maximum Gasteiger partial charge on any atom is 0.310 e. The standard InChI is InChI=1S/C15H28N2O4S.ClH/c1-21-15(18)12-8-4-5-9-14(12)22(19,20)17-13(10-16)11-6-2-3-7-11;/h11-14,17H,2-10,16H2,1H3;1H. The molecule has 0 amide bonds. The van der Waals surface area contributed by atoms with Crippen LogP contribution in [0.5, 0.6) is 0 Å². The second kappa shape index (κ2) is 9.20. The maximum atomic E-state index is 12.8. The van der Waals surface area contributed by atoms with Gasteiger partial charge >= 0.3 is 5.97 Å². The van der Waals surface area contributed by atoms with Crippen LogP contribution < -0.4 is 10.5 Å². The molecule has 0 radical (unpaired) electrons. The molecule has 2 aliphatic carbocycles. The monoisotopic (exact) mass is 368 g/mol. The van der Waals surface area contributed by atoms with Crippen LogP contribution >= 0.6 is 12.4 Å². The van der Waals surface area contributed by atoms with Gasteiger partial charge in [0, 0.05) is 12.6 Å². The molecular weight excluding hydrogens is 340 g/mol. The fourth-order valence-electron chi connectivity index (χ4n) is 3.88. The first kappa shape index (κ1) is 20.7. The molecule has 2 saturated carbocycles. The van der Waals surface area contributed by atoms with Crippen LogP contribution in [-0.2, 0) is 19.6 Å². The van der Waals surface area contributed by atoms with E-state index in [-0.39, 0.29) is 18.4 Å². The number of sulfonamides is 1. The molecule has 3 N–H and O–H groups in total. The Hall–Kier alpha value is -0.370. The molecule has 8 heteroatoms. The zero-order valence-electron chi connectivity index (χ0n) is 13.7. The van der Waals surface area contributed by atoms with Gasteiger partial charge in [-0.25, -0.2) is 13.1 Å². The molecule has 3 atom stereocenters. The maximum absolute atomic E-state index is 12.8. The number of methoxy groups -OCH3 is 1. The Morgan fingerprint density at radius 1 is 1.17 bits per heavy atom. The fraction of sp³-hybridized carbons (Fsp3) is 0.933. The van der Waals surface area contributed by atoms with E-state index in [1.165, 1.54) is 7.11 Å². The molecule has 0 heterocycles. The van der Waals surface area contributed by atoms with Crippen molar-refractivity contribution in [1.29, 1.82) is 0 Å². The predicted molar refractivity (Wildman–Crippen MR) is 91.9 cm³/mol. The minimum atomic E-state index is -3.57. The van der Waals surface area contributed by atoms with Gasteiger partial charge < -0.3 is 10.5 Å². The summed E-state index contributed by atoms with van der Waals surface area (Å²) in [5, 5.41) is -0.691. The Balaban J connectivity index is 0.00000264. The van der Waals surface area contributed by atoms with Crippen molar-refractivity contribution in [1.82, 2.24) is 4.72 Å². The number of nitrogens with two attached hydrogens (primary N) is 1. The SMILES string of the molecule is COC(=O)C1CCCCC1S(=O)(=O)NC(CN)C1CCCC1.Cl. The Morgan fingerprint density at radius 2 is 1.74 bits per heavy atom. The van der Waals surface area contributed by atoms with E-state index in [1.807, 2.05) is 0 Å². The lowest BCUT2D eigenvalue weighted by Gasteiger charge is -2.32. The number of carbonyl (C=O) groups excluding carboxylic acids is 1. The third-order valence-electron chi connectivity index (χ3n) is 5.14. The molecule has 136 valence electrons. The number of rotatable bonds is 6. The van der Waals surface area contributed by atoms with Gasteiger partial charge in [-0.3, -0.25) is 4.79 Å². The second-order valence-corrected chi connectivity index (χ2v) is 8.43. The van der Waals surface area contributed by atoms with Gasteiger partial charge in [0.25, 0.3) is 0 Å². The van der Waals surface area contributed by atoms with E-state index in [4.69, 9.17) is 10.5 Å². The summed E-state index contributed by atoms with van der Waals surface area (Å²) in [6.45, 7) is 0.305. The van der Waals surface area contributed by atoms with Crippen molar-refractivity contribution in [2.45, 2.75) is 62.7 Å². The van der Waals surface area contributed by atoms with Gasteiger partial charge in [0.2, 0.25) is 10.0 Å². The molecule has 2 aliphatic rings. The van der Waals surface area contributed by atoms with Gasteiger partial charge in [-0.2, -0.15) is 0 Å². The first-order valence-electron chi connectivity index (χ1n) is 8.28. The number of hydrogen-bond donors (Lipinski definition) is 2. The number of carbonyl (C=O) groups is 1. The highest BCUT2D eigenvalue weighted by atomic mass is 35.5. The number of ether oxygens (including phenoxy) is 1. The van der Waals surface area contributed by atoms with Crippen molar-refractivity contribution >= 4 is 28.4 Å². The first-order valence-corrected chi connectivity index (χ1v) is 9.83. The van der Waals surface area contributed by atoms with Crippen LogP contribution in [0.3, 0.4) is 0 Å². The topological polar surface area (TPSA) is 98.5 Å². The molecule has 0 aromatic carbocycles. The molecular formula is C15H29ClN2O4S. The molecule has 0 aromatic heterocycles. The lowest BCUT2D eigenvalue weighted by molar-refractivity contribution is -0.146. The van der Waals surface area contributed by atoms with Crippen LogP contribution in [0, 0.1) is 11.8 Å². The van der Waals surface area contributed by atoms with E-state index in [1.54, 1.807) is 0 Å². The smallest absolute Gasteiger partial charge is 0.310 e. The zero-order valence-corrected chi connectivity index (χ0v) is 15.3. The Bertz CT molecular complexity index is 480. The van der Waals surface area contributed by atoms with Gasteiger partial charge in [0.1, 0.15) is 0 Å². The summed E-state index contributed by atoms with van der Waals surface area (Å²) in [7, 11) is -2.25. The van der Waals surface area contributed by atoms with Gasteiger partial charge in [0.15, 0.2) is 0 Å². The Kier molecular flexibility index (Phi) is 8.27. The summed E-state index contributed by atoms with van der Waals surface area (Å²) in [5.74, 6) is -0.654. The average molecular weight is 369 g/mol. The lowest BCUT2D eigenvalue weighted by atomic mass is 9.89. The van der Waals surface area contributed by atoms with Crippen LogP contribution in [0.4, 0.5) is 0 Å². The van der Waals surface area contributed by atoms with Gasteiger partial charge in [-0.05, 0) is 31.6 Å². The van der Waals surface area contributed by atoms with Crippen molar-refractivity contribution in [3.05, 3.63) is 0 Å². The van der Waals surface area contributed by atoms with E-state index in [9.17, 15) is 13.2 Å². The van der Waals surface area contributed by atoms with Crippen molar-refractivity contribution < 1.29 is 17.9 Å². The fourth-order valence-corrected chi connectivity index (χ4v) is 5.93. The molecule has 0 spiro atoms. The number of halogens is 1. The third kappa shape index (κ3) is 5.05. The Morgan fingerprint density at radius 3 is 2.30 bits per heavy atom. The molecule has 23 heavy (non-hydrogen) atoms. The molecule has 0 bridgehead atoms. The quantitative estimate of drug-likeness (QED) is 0.693. The number of esters is 1. The van der Waals surface area contributed by atoms with Gasteiger partial charge in [0.05, 0.1) is 18.3 Å². The minimum absolute atomic E-state index is 0. The van der Waals surface area contributed by atoms with E-state index < -0.39 is 27.2 Å². The molecule has 3 unspecified atom stereocenters. The second-order valence-electron chi connectivity index (χ2n) is 6.50. The van der Waals surface area contributed by atoms with Crippen molar-refractivity contribution in [3.8, 4) is 0 Å². The van der Waals surface area contributed by atoms with Crippen LogP contribution in [0.25, 0.3) is 0 Å². The Labute approximate surface area is 145 Å².